The number of hydrogen-bond donors (Lipinski definition) is 1. The molecule has 0 heterocycles. The molecule has 0 bridgehead atoms. The first kappa shape index (κ1) is 32.3. The van der Waals surface area contributed by atoms with Crippen LogP contribution in [-0.2, 0) is 28.6 Å². The van der Waals surface area contributed by atoms with E-state index in [4.69, 9.17) is 14.2 Å². The summed E-state index contributed by atoms with van der Waals surface area (Å²) in [5.74, 6) is -0.0376. The minimum Gasteiger partial charge on any atom is -0.460 e. The van der Waals surface area contributed by atoms with E-state index in [-0.39, 0.29) is 24.8 Å². The van der Waals surface area contributed by atoms with Crippen LogP contribution in [0.2, 0.25) is 0 Å². The smallest absolute Gasteiger partial charge is 0.333 e. The Hall–Kier alpha value is -1.73. The van der Waals surface area contributed by atoms with E-state index in [0.29, 0.717) is 37.5 Å². The third-order valence-electron chi connectivity index (χ3n) is 6.21. The van der Waals surface area contributed by atoms with Crippen LogP contribution in [0.5, 0.6) is 0 Å². The van der Waals surface area contributed by atoms with Crippen molar-refractivity contribution in [1.82, 2.24) is 5.32 Å². The van der Waals surface area contributed by atoms with Gasteiger partial charge in [-0.25, -0.2) is 4.79 Å². The summed E-state index contributed by atoms with van der Waals surface area (Å²) < 4.78 is 16.7. The first-order valence-corrected chi connectivity index (χ1v) is 13.0. The number of ether oxygens (including phenoxy) is 3. The average molecular weight is 484 g/mol. The lowest BCUT2D eigenvalue weighted by molar-refractivity contribution is -0.145. The highest BCUT2D eigenvalue weighted by Crippen LogP contribution is 2.23. The molecule has 0 fully saturated rings. The van der Waals surface area contributed by atoms with Crippen molar-refractivity contribution in [2.24, 2.45) is 5.92 Å². The average Bonchev–Trinajstić information content (AvgIpc) is 2.82. The molecule has 198 valence electrons. The van der Waals surface area contributed by atoms with Gasteiger partial charge in [-0.3, -0.25) is 9.59 Å². The van der Waals surface area contributed by atoms with Crippen LogP contribution in [0.25, 0.3) is 0 Å². The number of rotatable bonds is 21. The maximum absolute atomic E-state index is 12.8. The van der Waals surface area contributed by atoms with E-state index in [1.165, 1.54) is 12.8 Å². The third-order valence-corrected chi connectivity index (χ3v) is 6.21. The molecule has 3 unspecified atom stereocenters. The highest BCUT2D eigenvalue weighted by Gasteiger charge is 2.32. The van der Waals surface area contributed by atoms with Crippen LogP contribution in [0.15, 0.2) is 12.2 Å². The predicted molar refractivity (Wildman–Crippen MR) is 136 cm³/mol. The number of esters is 1. The van der Waals surface area contributed by atoms with Crippen LogP contribution in [0.3, 0.4) is 0 Å². The van der Waals surface area contributed by atoms with Gasteiger partial charge in [0.15, 0.2) is 5.78 Å². The van der Waals surface area contributed by atoms with Gasteiger partial charge in [-0.1, -0.05) is 53.0 Å². The Bertz CT molecular complexity index is 620. The zero-order valence-electron chi connectivity index (χ0n) is 22.5. The Labute approximate surface area is 207 Å². The van der Waals surface area contributed by atoms with Gasteiger partial charge in [0.05, 0.1) is 13.2 Å². The molecule has 7 nitrogen and oxygen atoms in total. The fourth-order valence-electron chi connectivity index (χ4n) is 3.33. The second-order valence-electron chi connectivity index (χ2n) is 9.27. The number of amides is 1. The van der Waals surface area contributed by atoms with E-state index < -0.39 is 17.7 Å². The SMILES string of the molecule is C=C(C)C(=O)OCCNC(=O)C(C)OCCCCCC(=O)C(C)(CC)OCC(CC)CCCC. The molecule has 0 saturated heterocycles. The largest absolute Gasteiger partial charge is 0.460 e. The molecule has 0 spiro atoms. The van der Waals surface area contributed by atoms with E-state index in [1.807, 2.05) is 13.8 Å². The maximum Gasteiger partial charge on any atom is 0.333 e. The van der Waals surface area contributed by atoms with Gasteiger partial charge in [0.1, 0.15) is 18.3 Å². The Morgan fingerprint density at radius 2 is 1.74 bits per heavy atom. The lowest BCUT2D eigenvalue weighted by Crippen LogP contribution is -2.39. The number of Topliss-reactive ketones (excluding diaryl/α,β-unsaturated/α-hetero) is 1. The van der Waals surface area contributed by atoms with Gasteiger partial charge in [-0.05, 0) is 52.4 Å². The molecule has 0 aromatic rings. The molecule has 1 amide bonds. The second-order valence-corrected chi connectivity index (χ2v) is 9.27. The topological polar surface area (TPSA) is 90.9 Å². The minimum atomic E-state index is -0.707. The van der Waals surface area contributed by atoms with E-state index in [9.17, 15) is 14.4 Å². The summed E-state index contributed by atoms with van der Waals surface area (Å²) in [7, 11) is 0. The molecule has 0 aromatic heterocycles. The zero-order chi connectivity index (χ0) is 26.0. The van der Waals surface area contributed by atoms with Crippen LogP contribution < -0.4 is 5.32 Å². The maximum atomic E-state index is 12.8. The molecule has 3 atom stereocenters. The quantitative estimate of drug-likeness (QED) is 0.138. The Morgan fingerprint density at radius 3 is 2.32 bits per heavy atom. The van der Waals surface area contributed by atoms with Crippen LogP contribution >= 0.6 is 0 Å². The first-order chi connectivity index (χ1) is 16.1. The number of carbonyl (C=O) groups excluding carboxylic acids is 3. The summed E-state index contributed by atoms with van der Waals surface area (Å²) >= 11 is 0. The number of unbranched alkanes of at least 4 members (excludes halogenated alkanes) is 3. The van der Waals surface area contributed by atoms with Crippen LogP contribution in [0.4, 0.5) is 0 Å². The minimum absolute atomic E-state index is 0.0937. The number of hydrogen-bond acceptors (Lipinski definition) is 6. The van der Waals surface area contributed by atoms with Crippen molar-refractivity contribution in [1.29, 1.82) is 0 Å². The van der Waals surface area contributed by atoms with Gasteiger partial charge in [0, 0.05) is 18.6 Å². The summed E-state index contributed by atoms with van der Waals surface area (Å²) in [4.78, 5) is 36.1. The molecule has 7 heteroatoms. The normalized spacial score (nSPS) is 14.6. The van der Waals surface area contributed by atoms with Crippen molar-refractivity contribution in [2.45, 2.75) is 111 Å². The molecule has 0 aromatic carbocycles. The summed E-state index contributed by atoms with van der Waals surface area (Å²) in [6, 6.07) is 0. The molecular formula is C27H49NO6. The summed E-state index contributed by atoms with van der Waals surface area (Å²) in [6.07, 6.45) is 7.61. The molecule has 0 aliphatic heterocycles. The van der Waals surface area contributed by atoms with E-state index in [1.54, 1.807) is 13.8 Å². The predicted octanol–water partition coefficient (Wildman–Crippen LogP) is 5.16. The van der Waals surface area contributed by atoms with Gasteiger partial charge in [-0.15, -0.1) is 0 Å². The third kappa shape index (κ3) is 13.9. The Balaban J connectivity index is 4.08. The van der Waals surface area contributed by atoms with Crippen LogP contribution in [0, 0.1) is 5.92 Å². The van der Waals surface area contributed by atoms with Gasteiger partial charge in [-0.2, -0.15) is 0 Å². The van der Waals surface area contributed by atoms with Crippen molar-refractivity contribution in [2.75, 3.05) is 26.4 Å². The standard InChI is InChI=1S/C27H49NO6/c1-8-11-15-23(9-2)20-34-27(7,10-3)24(29)16-13-12-14-18-32-22(6)25(30)28-17-19-33-26(31)21(4)5/h22-23H,4,8-20H2,1-3,5-7H3,(H,28,30). The molecule has 0 saturated carbocycles. The van der Waals surface area contributed by atoms with Gasteiger partial charge < -0.3 is 19.5 Å². The number of nitrogens with one attached hydrogen (secondary N) is 1. The van der Waals surface area contributed by atoms with Crippen molar-refractivity contribution in [3.05, 3.63) is 12.2 Å². The fourth-order valence-corrected chi connectivity index (χ4v) is 3.33. The second kappa shape index (κ2) is 18.6. The van der Waals surface area contributed by atoms with Crippen molar-refractivity contribution in [3.8, 4) is 0 Å². The van der Waals surface area contributed by atoms with Crippen LogP contribution in [-0.4, -0.2) is 55.7 Å². The fraction of sp³-hybridized carbons (Fsp3) is 0.815. The Morgan fingerprint density at radius 1 is 1.03 bits per heavy atom. The molecule has 0 radical (unpaired) electrons. The molecule has 0 rings (SSSR count). The van der Waals surface area contributed by atoms with Crippen molar-refractivity contribution < 1.29 is 28.6 Å². The summed E-state index contributed by atoms with van der Waals surface area (Å²) in [6.45, 7) is 16.5. The molecule has 0 aliphatic rings. The molecule has 0 aliphatic carbocycles. The lowest BCUT2D eigenvalue weighted by Gasteiger charge is -2.29. The molecule has 1 N–H and O–H groups in total. The highest BCUT2D eigenvalue weighted by atomic mass is 16.5. The first-order valence-electron chi connectivity index (χ1n) is 13.0. The number of carbonyl (C=O) groups is 3. The molecule has 34 heavy (non-hydrogen) atoms. The van der Waals surface area contributed by atoms with Crippen LogP contribution in [0.1, 0.15) is 99.3 Å². The van der Waals surface area contributed by atoms with E-state index >= 15 is 0 Å². The van der Waals surface area contributed by atoms with Gasteiger partial charge in [0.2, 0.25) is 5.91 Å². The van der Waals surface area contributed by atoms with Crippen molar-refractivity contribution >= 4 is 17.7 Å². The van der Waals surface area contributed by atoms with E-state index in [2.05, 4.69) is 25.7 Å². The summed E-state index contributed by atoms with van der Waals surface area (Å²) in [5, 5.41) is 2.67. The highest BCUT2D eigenvalue weighted by molar-refractivity contribution is 5.87. The van der Waals surface area contributed by atoms with E-state index in [0.717, 1.165) is 32.1 Å². The molecular weight excluding hydrogens is 434 g/mol. The summed E-state index contributed by atoms with van der Waals surface area (Å²) in [5.41, 5.74) is -0.384. The number of ketones is 1. The zero-order valence-corrected chi connectivity index (χ0v) is 22.5. The van der Waals surface area contributed by atoms with Gasteiger partial charge >= 0.3 is 5.97 Å². The lowest BCUT2D eigenvalue weighted by atomic mass is 9.92. The monoisotopic (exact) mass is 483 g/mol. The Kier molecular flexibility index (Phi) is 17.6. The van der Waals surface area contributed by atoms with Gasteiger partial charge in [0.25, 0.3) is 0 Å². The van der Waals surface area contributed by atoms with Crippen molar-refractivity contribution in [3.63, 3.8) is 0 Å².